The van der Waals surface area contributed by atoms with Gasteiger partial charge in [-0.3, -0.25) is 4.98 Å². The lowest BCUT2D eigenvalue weighted by Crippen LogP contribution is -2.22. The molecule has 0 fully saturated rings. The van der Waals surface area contributed by atoms with Crippen molar-refractivity contribution in [1.29, 1.82) is 0 Å². The number of rotatable bonds is 0. The van der Waals surface area contributed by atoms with Gasteiger partial charge in [-0.1, -0.05) is 81.4 Å². The molecular weight excluding hydrogens is 308 g/mol. The van der Waals surface area contributed by atoms with E-state index >= 15 is 0 Å². The molecule has 0 saturated carbocycles. The SMILES string of the molecule is CC.CC.CC(C)C.CC(C)C.[O-][n+]1ccccc1.c1ccncc1. The Morgan fingerprint density at radius 3 is 1.00 bits per heavy atom. The van der Waals surface area contributed by atoms with Crippen LogP contribution in [0.15, 0.2) is 61.2 Å². The Balaban J connectivity index is -0.000000113. The summed E-state index contributed by atoms with van der Waals surface area (Å²) in [6.45, 7) is 21.0. The molecule has 0 saturated heterocycles. The van der Waals surface area contributed by atoms with Crippen LogP contribution in [0.1, 0.15) is 69.2 Å². The highest BCUT2D eigenvalue weighted by atomic mass is 16.5. The maximum atomic E-state index is 10.2. The highest BCUT2D eigenvalue weighted by Gasteiger charge is 1.75. The second-order valence-electron chi connectivity index (χ2n) is 5.72. The quantitative estimate of drug-likeness (QED) is 0.388. The van der Waals surface area contributed by atoms with Gasteiger partial charge in [0.2, 0.25) is 0 Å². The Hall–Kier alpha value is -1.90. The molecule has 0 bridgehead atoms. The van der Waals surface area contributed by atoms with E-state index in [1.807, 2.05) is 45.9 Å². The Kier molecular flexibility index (Phi) is 37.2. The largest absolute Gasteiger partial charge is 0.619 e. The van der Waals surface area contributed by atoms with E-state index in [-0.39, 0.29) is 0 Å². The average molecular weight is 351 g/mol. The molecule has 2 aromatic heterocycles. The van der Waals surface area contributed by atoms with Crippen molar-refractivity contribution in [2.75, 3.05) is 0 Å². The molecule has 146 valence electrons. The Morgan fingerprint density at radius 2 is 0.880 bits per heavy atom. The van der Waals surface area contributed by atoms with Crippen LogP contribution >= 0.6 is 0 Å². The molecule has 2 heterocycles. The van der Waals surface area contributed by atoms with Crippen LogP contribution in [0.5, 0.6) is 0 Å². The monoisotopic (exact) mass is 350 g/mol. The van der Waals surface area contributed by atoms with E-state index in [1.165, 1.54) is 12.4 Å². The van der Waals surface area contributed by atoms with Gasteiger partial charge in [0.1, 0.15) is 0 Å². The van der Waals surface area contributed by atoms with Crippen molar-refractivity contribution in [3.05, 3.63) is 66.4 Å². The molecule has 0 radical (unpaired) electrons. The minimum Gasteiger partial charge on any atom is -0.619 e. The van der Waals surface area contributed by atoms with E-state index in [0.717, 1.165) is 16.6 Å². The topological polar surface area (TPSA) is 39.8 Å². The summed E-state index contributed by atoms with van der Waals surface area (Å²) in [5.41, 5.74) is 0. The molecule has 0 aliphatic rings. The zero-order valence-corrected chi connectivity index (χ0v) is 18.2. The highest BCUT2D eigenvalue weighted by molar-refractivity contribution is 4.88. The van der Waals surface area contributed by atoms with Gasteiger partial charge in [-0.15, -0.1) is 0 Å². The van der Waals surface area contributed by atoms with Crippen molar-refractivity contribution in [2.24, 2.45) is 11.8 Å². The number of aromatic nitrogens is 2. The summed E-state index contributed by atoms with van der Waals surface area (Å²) < 4.78 is 0.750. The van der Waals surface area contributed by atoms with Crippen molar-refractivity contribution in [2.45, 2.75) is 69.2 Å². The van der Waals surface area contributed by atoms with Crippen molar-refractivity contribution in [3.8, 4) is 0 Å². The van der Waals surface area contributed by atoms with Crippen LogP contribution in [-0.4, -0.2) is 4.98 Å². The minimum absolute atomic E-state index is 0.750. The van der Waals surface area contributed by atoms with Crippen LogP contribution in [0.4, 0.5) is 0 Å². The van der Waals surface area contributed by atoms with Gasteiger partial charge in [0, 0.05) is 24.5 Å². The van der Waals surface area contributed by atoms with E-state index in [0.29, 0.717) is 0 Å². The number of hydrogen-bond acceptors (Lipinski definition) is 2. The predicted octanol–water partition coefficient (Wildman–Crippen LogP) is 6.78. The first-order valence-corrected chi connectivity index (χ1v) is 9.35. The standard InChI is InChI=1S/C5H5NO.C5H5N.2C4H10.2C2H6/c7-6-4-2-1-3-5-6;1-2-4-6-5-3-1;2*1-4(2)3;2*1-2/h1-5H;1-5H;2*4H,1-3H3;2*1-2H3. The molecule has 2 rings (SSSR count). The molecule has 25 heavy (non-hydrogen) atoms. The smallest absolute Gasteiger partial charge is 0.180 e. The van der Waals surface area contributed by atoms with Crippen molar-refractivity contribution in [3.63, 3.8) is 0 Å². The van der Waals surface area contributed by atoms with Gasteiger partial charge < -0.3 is 5.21 Å². The molecular formula is C22H42N2O. The summed E-state index contributed by atoms with van der Waals surface area (Å²) in [5.74, 6) is 1.67. The van der Waals surface area contributed by atoms with Crippen molar-refractivity contribution in [1.82, 2.24) is 4.98 Å². The average Bonchev–Trinajstić information content (AvgIpc) is 2.60. The van der Waals surface area contributed by atoms with Crippen LogP contribution in [0, 0.1) is 17.0 Å². The fourth-order valence-electron chi connectivity index (χ4n) is 0.695. The summed E-state index contributed by atoms with van der Waals surface area (Å²) in [5, 5.41) is 10.2. The molecule has 3 heteroatoms. The molecule has 0 spiro atoms. The van der Waals surface area contributed by atoms with Gasteiger partial charge in [0.05, 0.1) is 0 Å². The number of pyridine rings is 2. The first-order chi connectivity index (χ1) is 11.9. The highest BCUT2D eigenvalue weighted by Crippen LogP contribution is 1.81. The Labute approximate surface area is 157 Å². The molecule has 3 nitrogen and oxygen atoms in total. The van der Waals surface area contributed by atoms with E-state index in [1.54, 1.807) is 30.6 Å². The third kappa shape index (κ3) is 61.0. The summed E-state index contributed by atoms with van der Waals surface area (Å²) in [6, 6.07) is 10.9. The zero-order valence-electron chi connectivity index (χ0n) is 18.2. The van der Waals surface area contributed by atoms with E-state index in [9.17, 15) is 5.21 Å². The van der Waals surface area contributed by atoms with Crippen LogP contribution in [0.25, 0.3) is 0 Å². The van der Waals surface area contributed by atoms with Gasteiger partial charge in [-0.25, -0.2) is 0 Å². The molecule has 0 aliphatic carbocycles. The van der Waals surface area contributed by atoms with Crippen molar-refractivity contribution >= 4 is 0 Å². The molecule has 0 aliphatic heterocycles. The molecule has 2 aromatic rings. The third-order valence-corrected chi connectivity index (χ3v) is 1.25. The second kappa shape index (κ2) is 30.0. The molecule has 0 atom stereocenters. The lowest BCUT2D eigenvalue weighted by Gasteiger charge is -1.88. The number of nitrogens with zero attached hydrogens (tertiary/aromatic N) is 2. The van der Waals surface area contributed by atoms with E-state index in [2.05, 4.69) is 46.5 Å². The predicted molar refractivity (Wildman–Crippen MR) is 113 cm³/mol. The van der Waals surface area contributed by atoms with Gasteiger partial charge in [-0.05, 0) is 24.0 Å². The summed E-state index contributed by atoms with van der Waals surface area (Å²) in [6.07, 6.45) is 6.39. The second-order valence-corrected chi connectivity index (χ2v) is 5.72. The Morgan fingerprint density at radius 1 is 0.600 bits per heavy atom. The molecule has 0 aromatic carbocycles. The van der Waals surface area contributed by atoms with Gasteiger partial charge in [0.25, 0.3) is 0 Å². The zero-order chi connectivity index (χ0) is 20.5. The summed E-state index contributed by atoms with van der Waals surface area (Å²) >= 11 is 0. The van der Waals surface area contributed by atoms with Gasteiger partial charge in [0.15, 0.2) is 12.4 Å². The van der Waals surface area contributed by atoms with Gasteiger partial charge in [-0.2, -0.15) is 4.73 Å². The first kappa shape index (κ1) is 30.9. The van der Waals surface area contributed by atoms with E-state index < -0.39 is 0 Å². The van der Waals surface area contributed by atoms with Crippen molar-refractivity contribution < 1.29 is 4.73 Å². The minimum atomic E-state index is 0.750. The lowest BCUT2D eigenvalue weighted by molar-refractivity contribution is -0.605. The lowest BCUT2D eigenvalue weighted by atomic mass is 10.3. The first-order valence-electron chi connectivity index (χ1n) is 9.35. The number of hydrogen-bond donors (Lipinski definition) is 0. The van der Waals surface area contributed by atoms with E-state index in [4.69, 9.17) is 0 Å². The normalized spacial score (nSPS) is 7.68. The van der Waals surface area contributed by atoms with Crippen LogP contribution < -0.4 is 4.73 Å². The fraction of sp³-hybridized carbons (Fsp3) is 0.545. The van der Waals surface area contributed by atoms with Crippen LogP contribution in [0.3, 0.4) is 0 Å². The van der Waals surface area contributed by atoms with Gasteiger partial charge >= 0.3 is 0 Å². The summed E-state index contributed by atoms with van der Waals surface area (Å²) in [7, 11) is 0. The van der Waals surface area contributed by atoms with Crippen LogP contribution in [0.2, 0.25) is 0 Å². The third-order valence-electron chi connectivity index (χ3n) is 1.25. The fourth-order valence-corrected chi connectivity index (χ4v) is 0.695. The molecule has 0 amide bonds. The Bertz CT molecular complexity index is 351. The molecule has 0 unspecified atom stereocenters. The molecule has 0 N–H and O–H groups in total. The maximum absolute atomic E-state index is 10.2. The maximum Gasteiger partial charge on any atom is 0.180 e. The summed E-state index contributed by atoms with van der Waals surface area (Å²) in [4.78, 5) is 3.78. The van der Waals surface area contributed by atoms with Crippen LogP contribution in [-0.2, 0) is 0 Å².